The molecule has 130 valence electrons. The number of benzene rings is 1. The molecule has 0 aliphatic rings. The van der Waals surface area contributed by atoms with Gasteiger partial charge in [0.1, 0.15) is 0 Å². The zero-order valence-electron chi connectivity index (χ0n) is 14.5. The molecule has 0 saturated heterocycles. The number of aryl methyl sites for hydroxylation is 2. The molecule has 3 heterocycles. The molecule has 0 saturated carbocycles. The Balaban J connectivity index is 1.72. The standard InChI is InChI=1S/C19H18N6O/c1-24-12-13(10-22-24)18-9-16(15-5-3-4-6-17(15)23-18)19(26)20-11-14-7-8-21-25(14)2/h3-10,12H,11H2,1-2H3,(H,20,26). The molecule has 0 spiro atoms. The average Bonchev–Trinajstić information content (AvgIpc) is 3.27. The number of amides is 1. The molecular formula is C19H18N6O. The molecule has 3 aromatic heterocycles. The van der Waals surface area contributed by atoms with Gasteiger partial charge in [0.15, 0.2) is 0 Å². The normalized spacial score (nSPS) is 11.0. The molecule has 1 aromatic carbocycles. The third kappa shape index (κ3) is 2.95. The van der Waals surface area contributed by atoms with Crippen LogP contribution < -0.4 is 5.32 Å². The molecule has 0 bridgehead atoms. The van der Waals surface area contributed by atoms with Gasteiger partial charge in [0.25, 0.3) is 5.91 Å². The van der Waals surface area contributed by atoms with Crippen molar-refractivity contribution in [3.05, 3.63) is 66.2 Å². The molecule has 1 amide bonds. The number of hydrogen-bond donors (Lipinski definition) is 1. The van der Waals surface area contributed by atoms with E-state index in [0.29, 0.717) is 12.1 Å². The molecule has 4 aromatic rings. The van der Waals surface area contributed by atoms with Gasteiger partial charge in [-0.2, -0.15) is 10.2 Å². The summed E-state index contributed by atoms with van der Waals surface area (Å²) in [5.74, 6) is -0.144. The summed E-state index contributed by atoms with van der Waals surface area (Å²) in [6, 6.07) is 11.3. The Hall–Kier alpha value is -3.48. The SMILES string of the molecule is Cn1cc(-c2cc(C(=O)NCc3ccnn3C)c3ccccc3n2)cn1. The van der Waals surface area contributed by atoms with Crippen molar-refractivity contribution < 1.29 is 4.79 Å². The smallest absolute Gasteiger partial charge is 0.252 e. The summed E-state index contributed by atoms with van der Waals surface area (Å²) in [6.45, 7) is 0.411. The van der Waals surface area contributed by atoms with Gasteiger partial charge in [-0.1, -0.05) is 18.2 Å². The van der Waals surface area contributed by atoms with Crippen LogP contribution in [0.2, 0.25) is 0 Å². The maximum atomic E-state index is 12.9. The Kier molecular flexibility index (Phi) is 3.96. The van der Waals surface area contributed by atoms with Gasteiger partial charge in [0.2, 0.25) is 0 Å². The van der Waals surface area contributed by atoms with E-state index in [2.05, 4.69) is 20.5 Å². The highest BCUT2D eigenvalue weighted by Crippen LogP contribution is 2.24. The second kappa shape index (κ2) is 6.44. The Morgan fingerprint density at radius 2 is 2.00 bits per heavy atom. The van der Waals surface area contributed by atoms with Crippen LogP contribution in [0.25, 0.3) is 22.2 Å². The first kappa shape index (κ1) is 16.0. The predicted molar refractivity (Wildman–Crippen MR) is 98.3 cm³/mol. The van der Waals surface area contributed by atoms with E-state index < -0.39 is 0 Å². The largest absolute Gasteiger partial charge is 0.346 e. The number of hydrogen-bond acceptors (Lipinski definition) is 4. The van der Waals surface area contributed by atoms with Crippen LogP contribution in [0.15, 0.2) is 55.0 Å². The molecule has 0 radical (unpaired) electrons. The van der Waals surface area contributed by atoms with Crippen LogP contribution >= 0.6 is 0 Å². The predicted octanol–water partition coefficient (Wildman–Crippen LogP) is 2.30. The summed E-state index contributed by atoms with van der Waals surface area (Å²) in [5, 5.41) is 12.1. The van der Waals surface area contributed by atoms with Crippen LogP contribution in [-0.2, 0) is 20.6 Å². The van der Waals surface area contributed by atoms with Crippen molar-refractivity contribution in [2.75, 3.05) is 0 Å². The van der Waals surface area contributed by atoms with Crippen molar-refractivity contribution in [1.82, 2.24) is 29.9 Å². The highest BCUT2D eigenvalue weighted by molar-refractivity contribution is 6.07. The number of nitrogens with zero attached hydrogens (tertiary/aromatic N) is 5. The van der Waals surface area contributed by atoms with Gasteiger partial charge in [-0.15, -0.1) is 0 Å². The minimum Gasteiger partial charge on any atom is -0.346 e. The first-order chi connectivity index (χ1) is 12.6. The molecule has 0 fully saturated rings. The van der Waals surface area contributed by atoms with Crippen LogP contribution in [0.3, 0.4) is 0 Å². The summed E-state index contributed by atoms with van der Waals surface area (Å²) >= 11 is 0. The van der Waals surface area contributed by atoms with E-state index in [4.69, 9.17) is 0 Å². The fourth-order valence-corrected chi connectivity index (χ4v) is 2.91. The summed E-state index contributed by atoms with van der Waals surface area (Å²) in [7, 11) is 3.70. The molecular weight excluding hydrogens is 328 g/mol. The number of rotatable bonds is 4. The zero-order chi connectivity index (χ0) is 18.1. The van der Waals surface area contributed by atoms with Crippen LogP contribution in [0, 0.1) is 0 Å². The second-order valence-electron chi connectivity index (χ2n) is 6.10. The van der Waals surface area contributed by atoms with Gasteiger partial charge < -0.3 is 5.32 Å². The van der Waals surface area contributed by atoms with E-state index in [0.717, 1.165) is 27.9 Å². The van der Waals surface area contributed by atoms with Gasteiger partial charge in [0.05, 0.1) is 35.2 Å². The van der Waals surface area contributed by atoms with E-state index in [-0.39, 0.29) is 5.91 Å². The fraction of sp³-hybridized carbons (Fsp3) is 0.158. The van der Waals surface area contributed by atoms with Crippen LogP contribution in [-0.4, -0.2) is 30.5 Å². The molecule has 0 unspecified atom stereocenters. The van der Waals surface area contributed by atoms with Gasteiger partial charge in [-0.25, -0.2) is 4.98 Å². The van der Waals surface area contributed by atoms with E-state index >= 15 is 0 Å². The number of nitrogens with one attached hydrogen (secondary N) is 1. The van der Waals surface area contributed by atoms with E-state index in [1.807, 2.05) is 56.7 Å². The minimum absolute atomic E-state index is 0.144. The molecule has 0 aliphatic carbocycles. The molecule has 4 rings (SSSR count). The Labute approximate surface area is 150 Å². The fourth-order valence-electron chi connectivity index (χ4n) is 2.91. The number of pyridine rings is 1. The lowest BCUT2D eigenvalue weighted by Crippen LogP contribution is -2.24. The lowest BCUT2D eigenvalue weighted by atomic mass is 10.0. The van der Waals surface area contributed by atoms with E-state index in [1.54, 1.807) is 21.8 Å². The summed E-state index contributed by atoms with van der Waals surface area (Å²) < 4.78 is 3.46. The summed E-state index contributed by atoms with van der Waals surface area (Å²) in [5.41, 5.74) is 3.90. The van der Waals surface area contributed by atoms with Crippen molar-refractivity contribution in [2.24, 2.45) is 14.1 Å². The molecule has 0 atom stereocenters. The molecule has 7 heteroatoms. The lowest BCUT2D eigenvalue weighted by molar-refractivity contribution is 0.0951. The topological polar surface area (TPSA) is 77.6 Å². The summed E-state index contributed by atoms with van der Waals surface area (Å²) in [4.78, 5) is 17.5. The van der Waals surface area contributed by atoms with Crippen molar-refractivity contribution in [3.8, 4) is 11.3 Å². The number of carbonyl (C=O) groups excluding carboxylic acids is 1. The zero-order valence-corrected chi connectivity index (χ0v) is 14.5. The van der Waals surface area contributed by atoms with E-state index in [9.17, 15) is 4.79 Å². The highest BCUT2D eigenvalue weighted by Gasteiger charge is 2.15. The van der Waals surface area contributed by atoms with Gasteiger partial charge in [-0.05, 0) is 18.2 Å². The average molecular weight is 346 g/mol. The quantitative estimate of drug-likeness (QED) is 0.615. The minimum atomic E-state index is -0.144. The maximum absolute atomic E-state index is 12.9. The Bertz CT molecular complexity index is 1090. The number of aromatic nitrogens is 5. The molecule has 7 nitrogen and oxygen atoms in total. The van der Waals surface area contributed by atoms with Crippen LogP contribution in [0.5, 0.6) is 0 Å². The lowest BCUT2D eigenvalue weighted by Gasteiger charge is -2.10. The Morgan fingerprint density at radius 1 is 1.15 bits per heavy atom. The highest BCUT2D eigenvalue weighted by atomic mass is 16.1. The molecule has 0 aliphatic heterocycles. The van der Waals surface area contributed by atoms with Crippen LogP contribution in [0.1, 0.15) is 16.1 Å². The van der Waals surface area contributed by atoms with Crippen molar-refractivity contribution >= 4 is 16.8 Å². The van der Waals surface area contributed by atoms with E-state index in [1.165, 1.54) is 0 Å². The monoisotopic (exact) mass is 346 g/mol. The van der Waals surface area contributed by atoms with Crippen molar-refractivity contribution in [2.45, 2.75) is 6.54 Å². The first-order valence-electron chi connectivity index (χ1n) is 8.26. The number of para-hydroxylation sites is 1. The third-order valence-corrected chi connectivity index (χ3v) is 4.31. The van der Waals surface area contributed by atoms with Gasteiger partial charge in [-0.3, -0.25) is 14.2 Å². The summed E-state index contributed by atoms with van der Waals surface area (Å²) in [6.07, 6.45) is 5.34. The number of carbonyl (C=O) groups is 1. The molecule has 26 heavy (non-hydrogen) atoms. The van der Waals surface area contributed by atoms with Crippen molar-refractivity contribution in [3.63, 3.8) is 0 Å². The number of fused-ring (bicyclic) bond motifs is 1. The Morgan fingerprint density at radius 3 is 2.73 bits per heavy atom. The van der Waals surface area contributed by atoms with Crippen LogP contribution in [0.4, 0.5) is 0 Å². The third-order valence-electron chi connectivity index (χ3n) is 4.31. The second-order valence-corrected chi connectivity index (χ2v) is 6.10. The van der Waals surface area contributed by atoms with Gasteiger partial charge >= 0.3 is 0 Å². The van der Waals surface area contributed by atoms with Crippen molar-refractivity contribution in [1.29, 1.82) is 0 Å². The van der Waals surface area contributed by atoms with Gasteiger partial charge in [0, 0.05) is 37.4 Å². The molecule has 1 N–H and O–H groups in total. The first-order valence-corrected chi connectivity index (χ1v) is 8.26. The maximum Gasteiger partial charge on any atom is 0.252 e.